The van der Waals surface area contributed by atoms with E-state index in [2.05, 4.69) is 25.5 Å². The molecule has 1 aliphatic heterocycles. The highest BCUT2D eigenvalue weighted by Gasteiger charge is 2.40. The van der Waals surface area contributed by atoms with Gasteiger partial charge in [-0.15, -0.1) is 0 Å². The molecule has 98 valence electrons. The average molecular weight is 239 g/mol. The first-order valence-corrected chi connectivity index (χ1v) is 6.80. The van der Waals surface area contributed by atoms with Crippen molar-refractivity contribution in [1.29, 1.82) is 0 Å². The fourth-order valence-corrected chi connectivity index (χ4v) is 2.86. The van der Waals surface area contributed by atoms with Gasteiger partial charge < -0.3 is 9.47 Å². The van der Waals surface area contributed by atoms with Gasteiger partial charge in [0.1, 0.15) is 0 Å². The molecule has 1 spiro atoms. The summed E-state index contributed by atoms with van der Waals surface area (Å²) in [7, 11) is 2.21. The molecule has 1 saturated carbocycles. The van der Waals surface area contributed by atoms with Crippen LogP contribution in [-0.2, 0) is 9.47 Å². The largest absolute Gasteiger partial charge is 0.348 e. The molecule has 1 heterocycles. The van der Waals surface area contributed by atoms with Gasteiger partial charge in [-0.1, -0.05) is 19.1 Å². The Bertz CT molecular complexity index is 261. The van der Waals surface area contributed by atoms with Crippen LogP contribution in [0.5, 0.6) is 0 Å². The summed E-state index contributed by atoms with van der Waals surface area (Å²) in [6.45, 7) is 8.83. The number of hydrogen-bond acceptors (Lipinski definition) is 3. The Morgan fingerprint density at radius 1 is 1.29 bits per heavy atom. The molecule has 0 N–H and O–H groups in total. The van der Waals surface area contributed by atoms with E-state index in [1.165, 1.54) is 18.4 Å². The van der Waals surface area contributed by atoms with Crippen LogP contribution in [0, 0.1) is 0 Å². The SMILES string of the molecule is C=C(CC)CN(C)C1CCC2(CC1)OCCO2. The smallest absolute Gasteiger partial charge is 0.168 e. The first kappa shape index (κ1) is 13.1. The predicted octanol–water partition coefficient (Wildman–Crippen LogP) is 2.57. The number of hydrogen-bond donors (Lipinski definition) is 0. The summed E-state index contributed by atoms with van der Waals surface area (Å²) in [5, 5.41) is 0. The number of rotatable bonds is 4. The van der Waals surface area contributed by atoms with Gasteiger partial charge in [-0.05, 0) is 26.3 Å². The Morgan fingerprint density at radius 2 is 1.88 bits per heavy atom. The first-order chi connectivity index (χ1) is 8.15. The van der Waals surface area contributed by atoms with E-state index in [1.807, 2.05) is 0 Å². The summed E-state index contributed by atoms with van der Waals surface area (Å²) in [6.07, 6.45) is 5.51. The molecule has 3 nitrogen and oxygen atoms in total. The minimum atomic E-state index is -0.223. The third-order valence-electron chi connectivity index (χ3n) is 4.13. The Labute approximate surface area is 105 Å². The van der Waals surface area contributed by atoms with Gasteiger partial charge in [0, 0.05) is 25.4 Å². The molecular formula is C14H25NO2. The predicted molar refractivity (Wildman–Crippen MR) is 69.0 cm³/mol. The van der Waals surface area contributed by atoms with Crippen LogP contribution in [-0.4, -0.2) is 43.5 Å². The zero-order valence-corrected chi connectivity index (χ0v) is 11.2. The number of likely N-dealkylation sites (N-methyl/N-ethyl adjacent to an activating group) is 1. The third-order valence-corrected chi connectivity index (χ3v) is 4.13. The van der Waals surface area contributed by atoms with Crippen molar-refractivity contribution in [3.05, 3.63) is 12.2 Å². The lowest BCUT2D eigenvalue weighted by Gasteiger charge is -2.39. The van der Waals surface area contributed by atoms with E-state index in [4.69, 9.17) is 9.47 Å². The second kappa shape index (κ2) is 5.51. The van der Waals surface area contributed by atoms with Crippen LogP contribution in [0.15, 0.2) is 12.2 Å². The maximum absolute atomic E-state index is 5.75. The minimum Gasteiger partial charge on any atom is -0.348 e. The van der Waals surface area contributed by atoms with Gasteiger partial charge in [0.15, 0.2) is 5.79 Å². The molecular weight excluding hydrogens is 214 g/mol. The van der Waals surface area contributed by atoms with Gasteiger partial charge in [0.05, 0.1) is 13.2 Å². The van der Waals surface area contributed by atoms with Crippen LogP contribution in [0.3, 0.4) is 0 Å². The van der Waals surface area contributed by atoms with Gasteiger partial charge >= 0.3 is 0 Å². The molecule has 0 atom stereocenters. The minimum absolute atomic E-state index is 0.223. The zero-order chi connectivity index (χ0) is 12.3. The van der Waals surface area contributed by atoms with Crippen LogP contribution in [0.2, 0.25) is 0 Å². The maximum atomic E-state index is 5.75. The molecule has 0 aromatic carbocycles. The average Bonchev–Trinajstić information content (AvgIpc) is 2.78. The highest BCUT2D eigenvalue weighted by molar-refractivity contribution is 4.97. The molecule has 0 bridgehead atoms. The van der Waals surface area contributed by atoms with Gasteiger partial charge in [-0.2, -0.15) is 0 Å². The van der Waals surface area contributed by atoms with Crippen molar-refractivity contribution in [2.24, 2.45) is 0 Å². The normalized spacial score (nSPS) is 24.6. The Morgan fingerprint density at radius 3 is 2.41 bits per heavy atom. The lowest BCUT2D eigenvalue weighted by Crippen LogP contribution is -2.43. The molecule has 2 aliphatic rings. The summed E-state index contributed by atoms with van der Waals surface area (Å²) < 4.78 is 11.5. The maximum Gasteiger partial charge on any atom is 0.168 e. The lowest BCUT2D eigenvalue weighted by molar-refractivity contribution is -0.183. The quantitative estimate of drug-likeness (QED) is 0.704. The second-order valence-corrected chi connectivity index (χ2v) is 5.36. The summed E-state index contributed by atoms with van der Waals surface area (Å²) in [4.78, 5) is 2.44. The van der Waals surface area contributed by atoms with Crippen molar-refractivity contribution in [3.63, 3.8) is 0 Å². The molecule has 0 aromatic heterocycles. The molecule has 1 aliphatic carbocycles. The summed E-state index contributed by atoms with van der Waals surface area (Å²) in [5.74, 6) is -0.223. The van der Waals surface area contributed by atoms with E-state index in [0.29, 0.717) is 6.04 Å². The summed E-state index contributed by atoms with van der Waals surface area (Å²) in [6, 6.07) is 0.664. The van der Waals surface area contributed by atoms with Gasteiger partial charge in [-0.25, -0.2) is 0 Å². The van der Waals surface area contributed by atoms with Crippen LogP contribution >= 0.6 is 0 Å². The highest BCUT2D eigenvalue weighted by atomic mass is 16.7. The van der Waals surface area contributed by atoms with Crippen LogP contribution in [0.25, 0.3) is 0 Å². The van der Waals surface area contributed by atoms with Crippen LogP contribution < -0.4 is 0 Å². The molecule has 0 amide bonds. The summed E-state index contributed by atoms with van der Waals surface area (Å²) in [5.41, 5.74) is 1.32. The number of ether oxygens (including phenoxy) is 2. The van der Waals surface area contributed by atoms with Gasteiger partial charge in [0.2, 0.25) is 0 Å². The fraction of sp³-hybridized carbons (Fsp3) is 0.857. The van der Waals surface area contributed by atoms with Crippen LogP contribution in [0.4, 0.5) is 0 Å². The van der Waals surface area contributed by atoms with Gasteiger partial charge in [0.25, 0.3) is 0 Å². The van der Waals surface area contributed by atoms with E-state index in [0.717, 1.165) is 39.0 Å². The monoisotopic (exact) mass is 239 g/mol. The topological polar surface area (TPSA) is 21.7 Å². The van der Waals surface area contributed by atoms with Crippen molar-refractivity contribution in [2.75, 3.05) is 26.8 Å². The van der Waals surface area contributed by atoms with Gasteiger partial charge in [-0.3, -0.25) is 4.90 Å². The van der Waals surface area contributed by atoms with E-state index in [1.54, 1.807) is 0 Å². The van der Waals surface area contributed by atoms with E-state index >= 15 is 0 Å². The first-order valence-electron chi connectivity index (χ1n) is 6.80. The Balaban J connectivity index is 1.80. The fourth-order valence-electron chi connectivity index (χ4n) is 2.86. The van der Waals surface area contributed by atoms with Crippen molar-refractivity contribution in [2.45, 2.75) is 50.9 Å². The van der Waals surface area contributed by atoms with E-state index in [9.17, 15) is 0 Å². The molecule has 3 heteroatoms. The Hall–Kier alpha value is -0.380. The second-order valence-electron chi connectivity index (χ2n) is 5.36. The van der Waals surface area contributed by atoms with Crippen molar-refractivity contribution in [3.8, 4) is 0 Å². The van der Waals surface area contributed by atoms with Crippen molar-refractivity contribution >= 4 is 0 Å². The molecule has 0 unspecified atom stereocenters. The highest BCUT2D eigenvalue weighted by Crippen LogP contribution is 2.37. The number of nitrogens with zero attached hydrogens (tertiary/aromatic N) is 1. The van der Waals surface area contributed by atoms with Crippen molar-refractivity contribution in [1.82, 2.24) is 4.90 Å². The molecule has 0 radical (unpaired) electrons. The molecule has 1 saturated heterocycles. The summed E-state index contributed by atoms with van der Waals surface area (Å²) >= 11 is 0. The van der Waals surface area contributed by atoms with Crippen molar-refractivity contribution < 1.29 is 9.47 Å². The zero-order valence-electron chi connectivity index (χ0n) is 11.2. The third kappa shape index (κ3) is 3.09. The molecule has 17 heavy (non-hydrogen) atoms. The Kier molecular flexibility index (Phi) is 4.23. The molecule has 0 aromatic rings. The molecule has 2 fully saturated rings. The van der Waals surface area contributed by atoms with E-state index in [-0.39, 0.29) is 5.79 Å². The molecule has 2 rings (SSSR count). The standard InChI is InChI=1S/C14H25NO2/c1-4-12(2)11-15(3)13-5-7-14(8-6-13)16-9-10-17-14/h13H,2,4-11H2,1,3H3. The van der Waals surface area contributed by atoms with E-state index < -0.39 is 0 Å². The van der Waals surface area contributed by atoms with Crippen LogP contribution in [0.1, 0.15) is 39.0 Å². The lowest BCUT2D eigenvalue weighted by atomic mass is 9.89.